The third-order valence-electron chi connectivity index (χ3n) is 3.91. The summed E-state index contributed by atoms with van der Waals surface area (Å²) >= 11 is 5.69. The van der Waals surface area contributed by atoms with Gasteiger partial charge in [0.15, 0.2) is 5.11 Å². The van der Waals surface area contributed by atoms with Crippen molar-refractivity contribution in [3.8, 4) is 11.5 Å². The molecule has 7 heteroatoms. The maximum Gasteiger partial charge on any atom is 0.359 e. The van der Waals surface area contributed by atoms with E-state index < -0.39 is 5.72 Å². The second kappa shape index (κ2) is 13.0. The minimum absolute atomic E-state index is 0.391. The predicted molar refractivity (Wildman–Crippen MR) is 130 cm³/mol. The summed E-state index contributed by atoms with van der Waals surface area (Å²) in [5.74, 6) is 1.69. The van der Waals surface area contributed by atoms with Crippen molar-refractivity contribution in [3.05, 3.63) is 48.5 Å². The summed E-state index contributed by atoms with van der Waals surface area (Å²) in [5.41, 5.74) is 1.33. The third-order valence-corrected chi connectivity index (χ3v) is 12.6. The number of thiocarbonyl (C=S) groups is 1. The second-order valence-electron chi connectivity index (χ2n) is 7.41. The zero-order valence-corrected chi connectivity index (χ0v) is 21.2. The topological polar surface area (TPSA) is 42.5 Å². The van der Waals surface area contributed by atoms with E-state index in [0.717, 1.165) is 22.9 Å². The number of anilines is 2. The van der Waals surface area contributed by atoms with Crippen LogP contribution in [0.5, 0.6) is 11.5 Å². The van der Waals surface area contributed by atoms with Gasteiger partial charge in [-0.15, -0.1) is 0 Å². The smallest absolute Gasteiger partial charge is 0.359 e. The highest BCUT2D eigenvalue weighted by Gasteiger charge is 2.09. The first-order valence-electron chi connectivity index (χ1n) is 9.81. The van der Waals surface area contributed by atoms with Crippen molar-refractivity contribution in [2.24, 2.45) is 0 Å². The van der Waals surface area contributed by atoms with Crippen molar-refractivity contribution >= 4 is 54.0 Å². The maximum atomic E-state index is 5.40. The number of ether oxygens (including phenoxy) is 2. The quantitative estimate of drug-likeness (QED) is 0.426. The molecule has 0 aromatic heterocycles. The van der Waals surface area contributed by atoms with Crippen LogP contribution >= 0.6 is 12.2 Å². The summed E-state index contributed by atoms with van der Waals surface area (Å²) in [6.07, 6.45) is 0. The molecule has 2 N–H and O–H groups in total. The minimum atomic E-state index is -0.492. The average molecular weight is 429 g/mol. The molecule has 0 radical (unpaired) electrons. The van der Waals surface area contributed by atoms with Gasteiger partial charge in [0, 0.05) is 11.4 Å². The lowest BCUT2D eigenvalue weighted by Crippen LogP contribution is -2.26. The number of rotatable bonds is 7. The largest absolute Gasteiger partial charge is 0.494 e. The summed E-state index contributed by atoms with van der Waals surface area (Å²) in [6.45, 7) is 12.6. The number of hydrogen-bond acceptors (Lipinski definition) is 3. The molecule has 2 aromatic carbocycles. The summed E-state index contributed by atoms with van der Waals surface area (Å²) in [7, 11) is 0. The Kier molecular flexibility index (Phi) is 11.5. The van der Waals surface area contributed by atoms with E-state index in [1.165, 1.54) is 0 Å². The summed E-state index contributed by atoms with van der Waals surface area (Å²) < 4.78 is 10.8. The Morgan fingerprint density at radius 1 is 0.821 bits per heavy atom. The van der Waals surface area contributed by atoms with Gasteiger partial charge in [0.1, 0.15) is 11.5 Å². The van der Waals surface area contributed by atoms with Crippen LogP contribution in [0, 0.1) is 0 Å². The fourth-order valence-corrected chi connectivity index (χ4v) is 2.13. The van der Waals surface area contributed by atoms with Gasteiger partial charge in [-0.2, -0.15) is 5.05 Å². The molecular weight excluding hydrogens is 397 g/mol. The Morgan fingerprint density at radius 3 is 1.39 bits per heavy atom. The van der Waals surface area contributed by atoms with Gasteiger partial charge in [-0.3, -0.25) is 0 Å². The molecule has 0 bridgehead atoms. The van der Waals surface area contributed by atoms with Crippen molar-refractivity contribution in [2.75, 3.05) is 23.8 Å². The lowest BCUT2D eigenvalue weighted by Gasteiger charge is -2.12. The molecule has 150 valence electrons. The first kappa shape index (κ1) is 24.8. The Hall–Kier alpha value is -1.29. The van der Waals surface area contributed by atoms with Crippen LogP contribution in [0.25, 0.3) is 0 Å². The number of benzene rings is 2. The van der Waals surface area contributed by atoms with Crippen LogP contribution in [-0.4, -0.2) is 43.6 Å². The van der Waals surface area contributed by atoms with Gasteiger partial charge in [0.25, 0.3) is 0 Å². The molecule has 0 aliphatic carbocycles. The first-order chi connectivity index (χ1) is 13.3. The van der Waals surface area contributed by atoms with Gasteiger partial charge in [-0.05, 0) is 74.6 Å². The average Bonchev–Trinajstić information content (AvgIpc) is 2.65. The van der Waals surface area contributed by atoms with Crippen LogP contribution in [0.3, 0.4) is 0 Å². The fourth-order valence-electron chi connectivity index (χ4n) is 1.90. The summed E-state index contributed by atoms with van der Waals surface area (Å²) in [6, 6.07) is 15.3. The summed E-state index contributed by atoms with van der Waals surface area (Å²) in [4.78, 5) is 0. The van der Waals surface area contributed by atoms with Crippen LogP contribution in [-0.2, 0) is 0 Å². The van der Waals surface area contributed by atoms with Crippen LogP contribution in [0.4, 0.5) is 11.4 Å². The molecule has 2 aromatic rings. The molecular formula is C21H32MgN2O2SSi. The van der Waals surface area contributed by atoms with E-state index in [1.54, 1.807) is 0 Å². The van der Waals surface area contributed by atoms with E-state index in [9.17, 15) is 0 Å². The molecule has 0 amide bonds. The van der Waals surface area contributed by atoms with Crippen molar-refractivity contribution in [3.63, 3.8) is 0 Å². The third kappa shape index (κ3) is 10.9. The monoisotopic (exact) mass is 428 g/mol. The van der Waals surface area contributed by atoms with Gasteiger partial charge >= 0.3 is 19.6 Å². The van der Waals surface area contributed by atoms with Crippen molar-refractivity contribution in [1.29, 1.82) is 0 Å². The molecule has 0 saturated carbocycles. The lowest BCUT2D eigenvalue weighted by molar-refractivity contribution is 0.340. The van der Waals surface area contributed by atoms with Crippen LogP contribution in [0.2, 0.25) is 24.7 Å². The summed E-state index contributed by atoms with van der Waals surface area (Å²) in [5, 5.41) is 9.21. The second-order valence-corrected chi connectivity index (χ2v) is 22.1. The number of hydrogen-bond donors (Lipinski definition) is 2. The Balaban J connectivity index is 0.000000568. The van der Waals surface area contributed by atoms with E-state index in [0.29, 0.717) is 37.9 Å². The molecule has 0 aliphatic heterocycles. The first-order valence-corrected chi connectivity index (χ1v) is 17.5. The van der Waals surface area contributed by atoms with E-state index in [2.05, 4.69) is 35.3 Å². The molecule has 2 rings (SSSR count). The van der Waals surface area contributed by atoms with Gasteiger partial charge < -0.3 is 20.1 Å². The fraction of sp³-hybridized carbons (Fsp3) is 0.381. The number of nitrogens with one attached hydrogen (secondary N) is 2. The Labute approximate surface area is 185 Å². The molecule has 0 aliphatic rings. The highest BCUT2D eigenvalue weighted by atomic mass is 32.1. The molecule has 28 heavy (non-hydrogen) atoms. The molecule has 0 atom stereocenters. The lowest BCUT2D eigenvalue weighted by atomic mass is 10.3. The van der Waals surface area contributed by atoms with Crippen molar-refractivity contribution in [2.45, 2.75) is 38.5 Å². The molecule has 0 heterocycles. The van der Waals surface area contributed by atoms with Crippen LogP contribution in [0.1, 0.15) is 13.8 Å². The molecule has 4 nitrogen and oxygen atoms in total. The van der Waals surface area contributed by atoms with E-state index >= 15 is 0 Å². The molecule has 0 unspecified atom stereocenters. The standard InChI is InChI=1S/C17H20N2O2S.C3H9Si.CH3.Mg/c1-3-20-15-9-5-13(6-10-15)18-17(22)19-14-7-11-16(12-8-14)21-4-2;1-4(2)3;;/h5-12H,3-4H2,1-2H3,(H2,18,19,22);1-3H3;1H3;. The Morgan fingerprint density at radius 2 is 1.14 bits per heavy atom. The van der Waals surface area contributed by atoms with Gasteiger partial charge in [0.2, 0.25) is 0 Å². The van der Waals surface area contributed by atoms with E-state index in [-0.39, 0.29) is 0 Å². The van der Waals surface area contributed by atoms with E-state index in [1.807, 2.05) is 62.4 Å². The van der Waals surface area contributed by atoms with Gasteiger partial charge in [-0.1, -0.05) is 25.4 Å². The van der Waals surface area contributed by atoms with E-state index in [4.69, 9.17) is 21.7 Å². The normalized spacial score (nSPS) is 10.1. The van der Waals surface area contributed by atoms with Gasteiger partial charge in [-0.25, -0.2) is 0 Å². The Bertz CT molecular complexity index is 650. The maximum absolute atomic E-state index is 5.40. The molecule has 0 spiro atoms. The molecule has 0 saturated heterocycles. The SMILES string of the molecule is CCOc1ccc(NC(=S)Nc2ccc(OCC)cc2)cc1.[CH3][Mg][Si](C)(C)C. The van der Waals surface area contributed by atoms with Crippen molar-refractivity contribution < 1.29 is 9.47 Å². The minimum Gasteiger partial charge on any atom is -0.494 e. The zero-order chi connectivity index (χ0) is 21.0. The zero-order valence-electron chi connectivity index (χ0n) is 18.0. The highest BCUT2D eigenvalue weighted by molar-refractivity contribution is 7.80. The highest BCUT2D eigenvalue weighted by Crippen LogP contribution is 2.18. The van der Waals surface area contributed by atoms with Gasteiger partial charge in [0.05, 0.1) is 13.2 Å². The molecule has 0 fully saturated rings. The van der Waals surface area contributed by atoms with Crippen molar-refractivity contribution in [1.82, 2.24) is 0 Å². The van der Waals surface area contributed by atoms with Crippen LogP contribution < -0.4 is 20.1 Å². The predicted octanol–water partition coefficient (Wildman–Crippen LogP) is 5.87. The van der Waals surface area contributed by atoms with Crippen LogP contribution in [0.15, 0.2) is 48.5 Å².